The second-order valence-electron chi connectivity index (χ2n) is 7.19. The molecule has 5 rings (SSSR count). The number of carbonyl (C=O) groups is 1. The van der Waals surface area contributed by atoms with Crippen LogP contribution in [0.4, 0.5) is 5.69 Å². The minimum absolute atomic E-state index is 0.578. The van der Waals surface area contributed by atoms with E-state index in [2.05, 4.69) is 28.4 Å². The SMILES string of the molecule is O=Cc1ccccc1-c1cc2c3c(c1)[C@@H]1CNCC[C@@H]1N3CCSC2. The van der Waals surface area contributed by atoms with Gasteiger partial charge in [-0.05, 0) is 47.4 Å². The average molecular weight is 350 g/mol. The first kappa shape index (κ1) is 15.5. The number of benzene rings is 2. The molecule has 0 amide bonds. The summed E-state index contributed by atoms with van der Waals surface area (Å²) in [6, 6.07) is 13.3. The van der Waals surface area contributed by atoms with E-state index in [4.69, 9.17) is 0 Å². The number of anilines is 1. The van der Waals surface area contributed by atoms with Crippen molar-refractivity contribution in [2.75, 3.05) is 30.3 Å². The Labute approximate surface area is 152 Å². The Morgan fingerprint density at radius 3 is 3.08 bits per heavy atom. The standard InChI is InChI=1S/C21H22N2OS/c24-12-14-3-1-2-4-17(14)15-9-16-13-25-8-7-23-20-5-6-22-11-19(20)18(10-15)21(16)23/h1-4,9-10,12,19-20,22H,5-8,11,13H2/t19-,20-/m0/s1. The van der Waals surface area contributed by atoms with Crippen molar-refractivity contribution in [2.24, 2.45) is 0 Å². The topological polar surface area (TPSA) is 32.3 Å². The molecule has 3 nitrogen and oxygen atoms in total. The fraction of sp³-hybridized carbons (Fsp3) is 0.381. The molecule has 0 saturated carbocycles. The number of aldehydes is 1. The van der Waals surface area contributed by atoms with E-state index in [-0.39, 0.29) is 0 Å². The summed E-state index contributed by atoms with van der Waals surface area (Å²) in [5.74, 6) is 2.85. The van der Waals surface area contributed by atoms with Gasteiger partial charge in [0.1, 0.15) is 0 Å². The Kier molecular flexibility index (Phi) is 3.83. The van der Waals surface area contributed by atoms with Gasteiger partial charge in [0.2, 0.25) is 0 Å². The van der Waals surface area contributed by atoms with Gasteiger partial charge in [-0.1, -0.05) is 24.3 Å². The van der Waals surface area contributed by atoms with Gasteiger partial charge in [0.15, 0.2) is 6.29 Å². The fourth-order valence-electron chi connectivity index (χ4n) is 4.80. The summed E-state index contributed by atoms with van der Waals surface area (Å²) < 4.78 is 0. The van der Waals surface area contributed by atoms with Crippen LogP contribution >= 0.6 is 11.8 Å². The first-order valence-electron chi connectivity index (χ1n) is 9.13. The van der Waals surface area contributed by atoms with Gasteiger partial charge in [0.05, 0.1) is 0 Å². The number of rotatable bonds is 2. The van der Waals surface area contributed by atoms with Gasteiger partial charge in [0.25, 0.3) is 0 Å². The lowest BCUT2D eigenvalue weighted by Gasteiger charge is -2.33. The van der Waals surface area contributed by atoms with Crippen molar-refractivity contribution in [1.29, 1.82) is 0 Å². The quantitative estimate of drug-likeness (QED) is 0.838. The van der Waals surface area contributed by atoms with Crippen LogP contribution in [-0.2, 0) is 5.75 Å². The maximum Gasteiger partial charge on any atom is 0.150 e. The van der Waals surface area contributed by atoms with Crippen molar-refractivity contribution >= 4 is 23.7 Å². The highest BCUT2D eigenvalue weighted by Gasteiger charge is 2.41. The smallest absolute Gasteiger partial charge is 0.150 e. The van der Waals surface area contributed by atoms with Gasteiger partial charge >= 0.3 is 0 Å². The normalized spacial score (nSPS) is 24.4. The minimum atomic E-state index is 0.578. The van der Waals surface area contributed by atoms with Crippen LogP contribution < -0.4 is 10.2 Å². The lowest BCUT2D eigenvalue weighted by atomic mass is 9.87. The number of piperidine rings is 1. The molecule has 0 radical (unpaired) electrons. The van der Waals surface area contributed by atoms with Gasteiger partial charge in [0, 0.05) is 47.8 Å². The highest BCUT2D eigenvalue weighted by molar-refractivity contribution is 7.98. The van der Waals surface area contributed by atoms with Crippen LogP contribution in [0.2, 0.25) is 0 Å². The third-order valence-corrected chi connectivity index (χ3v) is 6.87. The summed E-state index contributed by atoms with van der Waals surface area (Å²) >= 11 is 2.03. The van der Waals surface area contributed by atoms with E-state index < -0.39 is 0 Å². The molecule has 0 aromatic heterocycles. The van der Waals surface area contributed by atoms with E-state index >= 15 is 0 Å². The maximum absolute atomic E-state index is 11.5. The number of carbonyl (C=O) groups excluding carboxylic acids is 1. The number of hydrogen-bond acceptors (Lipinski definition) is 4. The number of nitrogens with one attached hydrogen (secondary N) is 1. The Morgan fingerprint density at radius 1 is 1.24 bits per heavy atom. The van der Waals surface area contributed by atoms with Crippen molar-refractivity contribution in [3.8, 4) is 11.1 Å². The molecule has 3 heterocycles. The molecule has 2 aromatic carbocycles. The van der Waals surface area contributed by atoms with Crippen molar-refractivity contribution in [3.05, 3.63) is 53.1 Å². The summed E-state index contributed by atoms with van der Waals surface area (Å²) in [6.07, 6.45) is 2.20. The van der Waals surface area contributed by atoms with Gasteiger partial charge in [-0.3, -0.25) is 4.79 Å². The zero-order valence-electron chi connectivity index (χ0n) is 14.2. The molecule has 0 aliphatic carbocycles. The molecule has 0 bridgehead atoms. The summed E-state index contributed by atoms with van der Waals surface area (Å²) in [5, 5.41) is 3.59. The number of fused-ring (bicyclic) bond motifs is 3. The molecule has 1 fully saturated rings. The Morgan fingerprint density at radius 2 is 2.16 bits per heavy atom. The Balaban J connectivity index is 1.70. The maximum atomic E-state index is 11.5. The molecule has 4 heteroatoms. The summed E-state index contributed by atoms with van der Waals surface area (Å²) in [7, 11) is 0. The molecule has 25 heavy (non-hydrogen) atoms. The zero-order valence-corrected chi connectivity index (χ0v) is 15.0. The number of nitrogens with zero attached hydrogens (tertiary/aromatic N) is 1. The molecule has 0 unspecified atom stereocenters. The van der Waals surface area contributed by atoms with E-state index in [0.29, 0.717) is 12.0 Å². The second kappa shape index (κ2) is 6.19. The van der Waals surface area contributed by atoms with Gasteiger partial charge in [-0.2, -0.15) is 11.8 Å². The lowest BCUT2D eigenvalue weighted by molar-refractivity contribution is 0.112. The monoisotopic (exact) mass is 350 g/mol. The molecule has 0 spiro atoms. The molecule has 1 saturated heterocycles. The summed E-state index contributed by atoms with van der Waals surface area (Å²) in [4.78, 5) is 14.2. The van der Waals surface area contributed by atoms with Crippen molar-refractivity contribution in [2.45, 2.75) is 24.1 Å². The van der Waals surface area contributed by atoms with Crippen LogP contribution in [0.3, 0.4) is 0 Å². The molecular formula is C21H22N2OS. The Bertz CT molecular complexity index is 835. The van der Waals surface area contributed by atoms with Crippen LogP contribution in [0, 0.1) is 0 Å². The second-order valence-corrected chi connectivity index (χ2v) is 8.30. The first-order chi connectivity index (χ1) is 12.4. The molecule has 1 N–H and O–H groups in total. The number of hydrogen-bond donors (Lipinski definition) is 1. The molecule has 2 atom stereocenters. The van der Waals surface area contributed by atoms with E-state index in [1.807, 2.05) is 30.0 Å². The van der Waals surface area contributed by atoms with Crippen molar-refractivity contribution in [1.82, 2.24) is 5.32 Å². The first-order valence-corrected chi connectivity index (χ1v) is 10.3. The average Bonchev–Trinajstić information content (AvgIpc) is 2.83. The molecule has 3 aliphatic rings. The minimum Gasteiger partial charge on any atom is -0.367 e. The third kappa shape index (κ3) is 2.42. The zero-order chi connectivity index (χ0) is 16.8. The molecule has 3 aliphatic heterocycles. The van der Waals surface area contributed by atoms with Gasteiger partial charge in [-0.15, -0.1) is 0 Å². The largest absolute Gasteiger partial charge is 0.367 e. The van der Waals surface area contributed by atoms with E-state index in [9.17, 15) is 4.79 Å². The van der Waals surface area contributed by atoms with Crippen LogP contribution in [0.15, 0.2) is 36.4 Å². The summed E-state index contributed by atoms with van der Waals surface area (Å²) in [5.41, 5.74) is 7.48. The summed E-state index contributed by atoms with van der Waals surface area (Å²) in [6.45, 7) is 3.35. The highest BCUT2D eigenvalue weighted by Crippen LogP contribution is 2.49. The Hall–Kier alpha value is -1.78. The highest BCUT2D eigenvalue weighted by atomic mass is 32.2. The van der Waals surface area contributed by atoms with E-state index in [1.54, 1.807) is 0 Å². The van der Waals surface area contributed by atoms with Crippen LogP contribution in [0.1, 0.15) is 33.8 Å². The molecular weight excluding hydrogens is 328 g/mol. The fourth-order valence-corrected chi connectivity index (χ4v) is 5.71. The van der Waals surface area contributed by atoms with Crippen molar-refractivity contribution < 1.29 is 4.79 Å². The van der Waals surface area contributed by atoms with E-state index in [0.717, 1.165) is 42.8 Å². The molecule has 128 valence electrons. The van der Waals surface area contributed by atoms with Crippen LogP contribution in [0.5, 0.6) is 0 Å². The predicted molar refractivity (Wildman–Crippen MR) is 105 cm³/mol. The number of thioether (sulfide) groups is 1. The van der Waals surface area contributed by atoms with Crippen LogP contribution in [-0.4, -0.2) is 37.7 Å². The lowest BCUT2D eigenvalue weighted by Crippen LogP contribution is -2.44. The van der Waals surface area contributed by atoms with Crippen molar-refractivity contribution in [3.63, 3.8) is 0 Å². The van der Waals surface area contributed by atoms with Crippen LogP contribution in [0.25, 0.3) is 11.1 Å². The van der Waals surface area contributed by atoms with Gasteiger partial charge < -0.3 is 10.2 Å². The third-order valence-electron chi connectivity index (χ3n) is 5.88. The van der Waals surface area contributed by atoms with E-state index in [1.165, 1.54) is 34.6 Å². The van der Waals surface area contributed by atoms with Gasteiger partial charge in [-0.25, -0.2) is 0 Å². The molecule has 2 aromatic rings. The predicted octanol–water partition coefficient (Wildman–Crippen LogP) is 3.68.